The zero-order valence-electron chi connectivity index (χ0n) is 17.0. The Morgan fingerprint density at radius 3 is 2.40 bits per heavy atom. The molecule has 2 N–H and O–H groups in total. The molecule has 0 heterocycles. The van der Waals surface area contributed by atoms with Crippen molar-refractivity contribution in [3.8, 4) is 11.5 Å². The summed E-state index contributed by atoms with van der Waals surface area (Å²) in [6.45, 7) is 3.62. The van der Waals surface area contributed by atoms with Crippen LogP contribution in [0.15, 0.2) is 41.5 Å². The van der Waals surface area contributed by atoms with Gasteiger partial charge in [0.2, 0.25) is 0 Å². The molecular formula is C21H23Cl2N3O4. The lowest BCUT2D eigenvalue weighted by Gasteiger charge is -2.20. The minimum atomic E-state index is -0.820. The van der Waals surface area contributed by atoms with Crippen molar-refractivity contribution in [2.75, 3.05) is 14.2 Å². The molecule has 1 atom stereocenters. The summed E-state index contributed by atoms with van der Waals surface area (Å²) in [4.78, 5) is 25.1. The monoisotopic (exact) mass is 451 g/mol. The van der Waals surface area contributed by atoms with Crippen LogP contribution in [0.1, 0.15) is 29.8 Å². The van der Waals surface area contributed by atoms with E-state index in [4.69, 9.17) is 32.7 Å². The third-order valence-corrected chi connectivity index (χ3v) is 4.78. The highest BCUT2D eigenvalue weighted by Crippen LogP contribution is 2.23. The zero-order valence-corrected chi connectivity index (χ0v) is 18.5. The molecule has 0 aliphatic rings. The summed E-state index contributed by atoms with van der Waals surface area (Å²) in [7, 11) is 3.08. The molecule has 0 aromatic heterocycles. The van der Waals surface area contributed by atoms with Crippen molar-refractivity contribution in [2.24, 2.45) is 11.0 Å². The van der Waals surface area contributed by atoms with Gasteiger partial charge < -0.3 is 14.8 Å². The molecule has 0 fully saturated rings. The molecule has 0 saturated carbocycles. The molecule has 2 aromatic carbocycles. The number of benzene rings is 2. The van der Waals surface area contributed by atoms with E-state index < -0.39 is 17.9 Å². The third-order valence-electron chi connectivity index (χ3n) is 4.23. The average Bonchev–Trinajstić information content (AvgIpc) is 2.71. The number of methoxy groups -OCH3 is 2. The number of hydrazone groups is 1. The standard InChI is InChI=1S/C21H23Cl2N3O4/c1-12(2)19(25-20(27)16-8-6-14(22)9-17(16)23)21(28)26-24-11-13-5-7-15(29-3)10-18(13)30-4/h5-12,19H,1-4H3,(H,25,27)(H,26,28)/b24-11+/t19-/m0/s1. The molecule has 2 aromatic rings. The Balaban J connectivity index is 2.09. The molecule has 30 heavy (non-hydrogen) atoms. The van der Waals surface area contributed by atoms with Crippen LogP contribution in [0.25, 0.3) is 0 Å². The first-order valence-corrected chi connectivity index (χ1v) is 9.83. The van der Waals surface area contributed by atoms with Gasteiger partial charge in [-0.25, -0.2) is 5.43 Å². The van der Waals surface area contributed by atoms with Crippen molar-refractivity contribution in [3.05, 3.63) is 57.6 Å². The van der Waals surface area contributed by atoms with Gasteiger partial charge in [-0.3, -0.25) is 9.59 Å². The molecule has 2 amide bonds. The molecular weight excluding hydrogens is 429 g/mol. The second-order valence-corrected chi connectivity index (χ2v) is 7.51. The van der Waals surface area contributed by atoms with Gasteiger partial charge in [0.15, 0.2) is 0 Å². The Hall–Kier alpha value is -2.77. The zero-order chi connectivity index (χ0) is 22.3. The lowest BCUT2D eigenvalue weighted by atomic mass is 10.0. The van der Waals surface area contributed by atoms with E-state index in [1.807, 2.05) is 13.8 Å². The Bertz CT molecular complexity index is 948. The predicted molar refractivity (Wildman–Crippen MR) is 118 cm³/mol. The van der Waals surface area contributed by atoms with Crippen LogP contribution in [0, 0.1) is 5.92 Å². The van der Waals surface area contributed by atoms with Crippen LogP contribution in [0.4, 0.5) is 0 Å². The van der Waals surface area contributed by atoms with Crippen molar-refractivity contribution >= 4 is 41.2 Å². The molecule has 0 radical (unpaired) electrons. The summed E-state index contributed by atoms with van der Waals surface area (Å²) in [5, 5.41) is 7.28. The first-order valence-electron chi connectivity index (χ1n) is 9.07. The van der Waals surface area contributed by atoms with E-state index in [1.165, 1.54) is 25.5 Å². The Labute approximate surface area is 185 Å². The summed E-state index contributed by atoms with van der Waals surface area (Å²) < 4.78 is 10.4. The van der Waals surface area contributed by atoms with Gasteiger partial charge in [-0.2, -0.15) is 5.10 Å². The molecule has 9 heteroatoms. The summed E-state index contributed by atoms with van der Waals surface area (Å²) in [5.41, 5.74) is 3.33. The van der Waals surface area contributed by atoms with Crippen LogP contribution < -0.4 is 20.2 Å². The highest BCUT2D eigenvalue weighted by molar-refractivity contribution is 6.36. The van der Waals surface area contributed by atoms with E-state index in [0.29, 0.717) is 22.1 Å². The molecule has 0 unspecified atom stereocenters. The van der Waals surface area contributed by atoms with Gasteiger partial charge >= 0.3 is 0 Å². The average molecular weight is 452 g/mol. The number of hydrogen-bond donors (Lipinski definition) is 2. The number of hydrogen-bond acceptors (Lipinski definition) is 5. The van der Waals surface area contributed by atoms with E-state index in [2.05, 4.69) is 15.8 Å². The van der Waals surface area contributed by atoms with Gasteiger partial charge in [0.05, 0.1) is 31.0 Å². The lowest BCUT2D eigenvalue weighted by Crippen LogP contribution is -2.48. The van der Waals surface area contributed by atoms with Crippen LogP contribution in [-0.4, -0.2) is 38.3 Å². The van der Waals surface area contributed by atoms with Gasteiger partial charge in [0.25, 0.3) is 11.8 Å². The maximum Gasteiger partial charge on any atom is 0.262 e. The van der Waals surface area contributed by atoms with Crippen LogP contribution in [0.2, 0.25) is 10.0 Å². The Morgan fingerprint density at radius 1 is 1.07 bits per heavy atom. The minimum Gasteiger partial charge on any atom is -0.497 e. The van der Waals surface area contributed by atoms with E-state index >= 15 is 0 Å². The van der Waals surface area contributed by atoms with Crippen molar-refractivity contribution in [1.29, 1.82) is 0 Å². The SMILES string of the molecule is COc1ccc(/C=N/NC(=O)[C@@H](NC(=O)c2ccc(Cl)cc2Cl)C(C)C)c(OC)c1. The Morgan fingerprint density at radius 2 is 1.80 bits per heavy atom. The highest BCUT2D eigenvalue weighted by Gasteiger charge is 2.25. The van der Waals surface area contributed by atoms with Crippen LogP contribution in [0.3, 0.4) is 0 Å². The number of halogens is 2. The summed E-state index contributed by atoms with van der Waals surface area (Å²) in [5.74, 6) is 0.0409. The van der Waals surface area contributed by atoms with E-state index in [0.717, 1.165) is 0 Å². The van der Waals surface area contributed by atoms with Crippen molar-refractivity contribution < 1.29 is 19.1 Å². The number of nitrogens with one attached hydrogen (secondary N) is 2. The molecule has 0 aliphatic carbocycles. The van der Waals surface area contributed by atoms with Crippen molar-refractivity contribution in [2.45, 2.75) is 19.9 Å². The maximum atomic E-state index is 12.6. The molecule has 0 spiro atoms. The second kappa shape index (κ2) is 10.8. The number of carbonyl (C=O) groups is 2. The van der Waals surface area contributed by atoms with E-state index in [9.17, 15) is 9.59 Å². The van der Waals surface area contributed by atoms with Crippen LogP contribution in [0.5, 0.6) is 11.5 Å². The first-order chi connectivity index (χ1) is 14.3. The van der Waals surface area contributed by atoms with E-state index in [-0.39, 0.29) is 16.5 Å². The van der Waals surface area contributed by atoms with Crippen molar-refractivity contribution in [1.82, 2.24) is 10.7 Å². The minimum absolute atomic E-state index is 0.189. The summed E-state index contributed by atoms with van der Waals surface area (Å²) in [6, 6.07) is 8.91. The maximum absolute atomic E-state index is 12.6. The fourth-order valence-corrected chi connectivity index (χ4v) is 3.08. The van der Waals surface area contributed by atoms with Gasteiger partial charge in [0.1, 0.15) is 17.5 Å². The first kappa shape index (κ1) is 23.5. The van der Waals surface area contributed by atoms with Gasteiger partial charge in [-0.15, -0.1) is 0 Å². The number of ether oxygens (including phenoxy) is 2. The predicted octanol–water partition coefficient (Wildman–Crippen LogP) is 3.92. The molecule has 0 bridgehead atoms. The highest BCUT2D eigenvalue weighted by atomic mass is 35.5. The largest absolute Gasteiger partial charge is 0.497 e. The van der Waals surface area contributed by atoms with Crippen LogP contribution in [-0.2, 0) is 4.79 Å². The third kappa shape index (κ3) is 6.11. The molecule has 2 rings (SSSR count). The van der Waals surface area contributed by atoms with Gasteiger partial charge in [0, 0.05) is 16.7 Å². The normalized spacial score (nSPS) is 12.0. The molecule has 7 nitrogen and oxygen atoms in total. The number of amides is 2. The quantitative estimate of drug-likeness (QED) is 0.470. The number of carbonyl (C=O) groups excluding carboxylic acids is 2. The molecule has 0 aliphatic heterocycles. The molecule has 0 saturated heterocycles. The van der Waals surface area contributed by atoms with Gasteiger partial charge in [-0.1, -0.05) is 37.0 Å². The fraction of sp³-hybridized carbons (Fsp3) is 0.286. The van der Waals surface area contributed by atoms with Crippen molar-refractivity contribution in [3.63, 3.8) is 0 Å². The smallest absolute Gasteiger partial charge is 0.262 e. The summed E-state index contributed by atoms with van der Waals surface area (Å²) >= 11 is 11.9. The second-order valence-electron chi connectivity index (χ2n) is 6.66. The topological polar surface area (TPSA) is 89.0 Å². The van der Waals surface area contributed by atoms with Crippen LogP contribution >= 0.6 is 23.2 Å². The lowest BCUT2D eigenvalue weighted by molar-refractivity contribution is -0.123. The van der Waals surface area contributed by atoms with E-state index in [1.54, 1.807) is 31.4 Å². The Kier molecular flexibility index (Phi) is 8.50. The summed E-state index contributed by atoms with van der Waals surface area (Å²) in [6.07, 6.45) is 1.45. The molecule has 160 valence electrons. The number of nitrogens with zero attached hydrogens (tertiary/aromatic N) is 1. The fourth-order valence-electron chi connectivity index (χ4n) is 2.59. The van der Waals surface area contributed by atoms with Gasteiger partial charge in [-0.05, 0) is 36.2 Å². The number of rotatable bonds is 8.